The maximum absolute atomic E-state index is 13.0. The van der Waals surface area contributed by atoms with E-state index in [1.54, 1.807) is 30.2 Å². The molecule has 6 nitrogen and oxygen atoms in total. The van der Waals surface area contributed by atoms with E-state index in [1.807, 2.05) is 4.90 Å². The predicted octanol–water partition coefficient (Wildman–Crippen LogP) is 2.48. The van der Waals surface area contributed by atoms with Gasteiger partial charge < -0.3 is 14.4 Å². The van der Waals surface area contributed by atoms with E-state index in [0.717, 1.165) is 0 Å². The minimum Gasteiger partial charge on any atom is -0.493 e. The molecule has 1 aliphatic rings. The molecule has 1 fully saturated rings. The second-order valence-corrected chi connectivity index (χ2v) is 6.57. The van der Waals surface area contributed by atoms with Crippen LogP contribution in [-0.2, 0) is 0 Å². The molecule has 2 aromatic rings. The normalized spacial score (nSPS) is 14.6. The number of amides is 1. The highest BCUT2D eigenvalue weighted by atomic mass is 19.1. The number of hydrogen-bond donors (Lipinski definition) is 0. The fourth-order valence-corrected chi connectivity index (χ4v) is 3.19. The van der Waals surface area contributed by atoms with E-state index in [1.165, 1.54) is 31.4 Å². The Bertz CT molecular complexity index is 846. The van der Waals surface area contributed by atoms with E-state index in [2.05, 4.69) is 0 Å². The van der Waals surface area contributed by atoms with Crippen molar-refractivity contribution in [2.45, 2.75) is 0 Å². The van der Waals surface area contributed by atoms with Crippen LogP contribution in [0.3, 0.4) is 0 Å². The van der Waals surface area contributed by atoms with Crippen molar-refractivity contribution in [3.05, 3.63) is 59.4 Å². The van der Waals surface area contributed by atoms with Gasteiger partial charge in [-0.05, 0) is 42.5 Å². The summed E-state index contributed by atoms with van der Waals surface area (Å²) in [6.07, 6.45) is 0. The SMILES string of the molecule is COc1ccc(C(=O)CN2CCN(C(=O)c3ccc(F)cc3)CC2)cc1OC. The number of carbonyl (C=O) groups excluding carboxylic acids is 2. The van der Waals surface area contributed by atoms with Gasteiger partial charge >= 0.3 is 0 Å². The number of hydrogen-bond acceptors (Lipinski definition) is 5. The summed E-state index contributed by atoms with van der Waals surface area (Å²) in [5, 5.41) is 0. The van der Waals surface area contributed by atoms with Gasteiger partial charge in [-0.3, -0.25) is 14.5 Å². The third-order valence-electron chi connectivity index (χ3n) is 4.82. The number of halogens is 1. The average Bonchev–Trinajstić information content (AvgIpc) is 2.73. The molecule has 2 aromatic carbocycles. The Morgan fingerprint density at radius 3 is 2.11 bits per heavy atom. The standard InChI is InChI=1S/C21H23FN2O4/c1-27-19-8-5-16(13-20(19)28-2)18(25)14-23-9-11-24(12-10-23)21(26)15-3-6-17(22)7-4-15/h3-8,13H,9-12,14H2,1-2H3. The quantitative estimate of drug-likeness (QED) is 0.714. The first-order chi connectivity index (χ1) is 13.5. The van der Waals surface area contributed by atoms with Gasteiger partial charge in [-0.15, -0.1) is 0 Å². The van der Waals surface area contributed by atoms with Crippen LogP contribution in [0.4, 0.5) is 4.39 Å². The van der Waals surface area contributed by atoms with Gasteiger partial charge in [0.15, 0.2) is 17.3 Å². The molecule has 0 bridgehead atoms. The summed E-state index contributed by atoms with van der Waals surface area (Å²) < 4.78 is 23.5. The predicted molar refractivity (Wildman–Crippen MR) is 103 cm³/mol. The second kappa shape index (κ2) is 8.84. The van der Waals surface area contributed by atoms with E-state index in [0.29, 0.717) is 48.8 Å². The summed E-state index contributed by atoms with van der Waals surface area (Å²) >= 11 is 0. The van der Waals surface area contributed by atoms with Gasteiger partial charge in [0.1, 0.15) is 5.82 Å². The maximum Gasteiger partial charge on any atom is 0.253 e. The first-order valence-electron chi connectivity index (χ1n) is 9.04. The number of ether oxygens (including phenoxy) is 2. The zero-order valence-corrected chi connectivity index (χ0v) is 16.0. The van der Waals surface area contributed by atoms with Crippen molar-refractivity contribution in [2.75, 3.05) is 46.9 Å². The van der Waals surface area contributed by atoms with E-state index in [4.69, 9.17) is 9.47 Å². The van der Waals surface area contributed by atoms with Gasteiger partial charge in [-0.2, -0.15) is 0 Å². The highest BCUT2D eigenvalue weighted by Crippen LogP contribution is 2.27. The highest BCUT2D eigenvalue weighted by molar-refractivity contribution is 5.98. The lowest BCUT2D eigenvalue weighted by Crippen LogP contribution is -2.49. The van der Waals surface area contributed by atoms with Crippen molar-refractivity contribution >= 4 is 11.7 Å². The van der Waals surface area contributed by atoms with Crippen LogP contribution in [0.25, 0.3) is 0 Å². The van der Waals surface area contributed by atoms with Crippen LogP contribution in [0, 0.1) is 5.82 Å². The van der Waals surface area contributed by atoms with Crippen LogP contribution in [-0.4, -0.2) is 68.4 Å². The van der Waals surface area contributed by atoms with Gasteiger partial charge in [-0.25, -0.2) is 4.39 Å². The first-order valence-corrected chi connectivity index (χ1v) is 9.04. The molecule has 3 rings (SSSR count). The zero-order chi connectivity index (χ0) is 20.1. The number of carbonyl (C=O) groups is 2. The van der Waals surface area contributed by atoms with Crippen molar-refractivity contribution in [1.82, 2.24) is 9.80 Å². The topological polar surface area (TPSA) is 59.1 Å². The molecule has 0 atom stereocenters. The molecule has 0 unspecified atom stereocenters. The first kappa shape index (κ1) is 19.8. The molecule has 148 valence electrons. The van der Waals surface area contributed by atoms with Crippen molar-refractivity contribution in [1.29, 1.82) is 0 Å². The summed E-state index contributed by atoms with van der Waals surface area (Å²) in [6, 6.07) is 10.7. The fourth-order valence-electron chi connectivity index (χ4n) is 3.19. The van der Waals surface area contributed by atoms with Crippen LogP contribution in [0.1, 0.15) is 20.7 Å². The van der Waals surface area contributed by atoms with Gasteiger partial charge in [0.25, 0.3) is 5.91 Å². The Labute approximate surface area is 163 Å². The lowest BCUT2D eigenvalue weighted by Gasteiger charge is -2.34. The smallest absolute Gasteiger partial charge is 0.253 e. The molecule has 1 amide bonds. The van der Waals surface area contributed by atoms with Crippen molar-refractivity contribution in [2.24, 2.45) is 0 Å². The van der Waals surface area contributed by atoms with E-state index in [9.17, 15) is 14.0 Å². The van der Waals surface area contributed by atoms with E-state index < -0.39 is 0 Å². The highest BCUT2D eigenvalue weighted by Gasteiger charge is 2.24. The average molecular weight is 386 g/mol. The molecule has 0 saturated carbocycles. The van der Waals surface area contributed by atoms with E-state index in [-0.39, 0.29) is 24.1 Å². The molecule has 7 heteroatoms. The summed E-state index contributed by atoms with van der Waals surface area (Å²) in [5.74, 6) is 0.593. The van der Waals surface area contributed by atoms with Crippen LogP contribution in [0.5, 0.6) is 11.5 Å². The maximum atomic E-state index is 13.0. The van der Waals surface area contributed by atoms with Crippen LogP contribution < -0.4 is 9.47 Å². The number of benzene rings is 2. The number of Topliss-reactive ketones (excluding diaryl/α,β-unsaturated/α-hetero) is 1. The number of piperazine rings is 1. The third-order valence-corrected chi connectivity index (χ3v) is 4.82. The Morgan fingerprint density at radius 1 is 0.893 bits per heavy atom. The van der Waals surface area contributed by atoms with Crippen molar-refractivity contribution < 1.29 is 23.5 Å². The Balaban J connectivity index is 1.56. The summed E-state index contributed by atoms with van der Waals surface area (Å²) in [4.78, 5) is 28.8. The van der Waals surface area contributed by atoms with Gasteiger partial charge in [0.05, 0.1) is 20.8 Å². The molecule has 1 heterocycles. The van der Waals surface area contributed by atoms with Crippen molar-refractivity contribution in [3.63, 3.8) is 0 Å². The Kier molecular flexibility index (Phi) is 6.26. The monoisotopic (exact) mass is 386 g/mol. The fraction of sp³-hybridized carbons (Fsp3) is 0.333. The second-order valence-electron chi connectivity index (χ2n) is 6.57. The van der Waals surface area contributed by atoms with Crippen molar-refractivity contribution in [3.8, 4) is 11.5 Å². The Hall–Kier alpha value is -2.93. The minimum atomic E-state index is -0.366. The van der Waals surface area contributed by atoms with Crippen LogP contribution >= 0.6 is 0 Å². The van der Waals surface area contributed by atoms with E-state index >= 15 is 0 Å². The molecule has 1 saturated heterocycles. The lowest BCUT2D eigenvalue weighted by molar-refractivity contribution is 0.0624. The van der Waals surface area contributed by atoms with Crippen LogP contribution in [0.15, 0.2) is 42.5 Å². The van der Waals surface area contributed by atoms with Gasteiger partial charge in [0, 0.05) is 37.3 Å². The molecule has 0 N–H and O–H groups in total. The summed E-state index contributed by atoms with van der Waals surface area (Å²) in [6.45, 7) is 2.52. The minimum absolute atomic E-state index is 0.0146. The van der Waals surface area contributed by atoms with Gasteiger partial charge in [0.2, 0.25) is 0 Å². The lowest BCUT2D eigenvalue weighted by atomic mass is 10.1. The molecular weight excluding hydrogens is 363 g/mol. The largest absolute Gasteiger partial charge is 0.493 e. The summed E-state index contributed by atoms with van der Waals surface area (Å²) in [7, 11) is 3.08. The molecule has 0 aromatic heterocycles. The number of rotatable bonds is 6. The summed E-state index contributed by atoms with van der Waals surface area (Å²) in [5.41, 5.74) is 1.03. The molecule has 28 heavy (non-hydrogen) atoms. The van der Waals surface area contributed by atoms with Gasteiger partial charge in [-0.1, -0.05) is 0 Å². The zero-order valence-electron chi connectivity index (χ0n) is 16.0. The molecule has 0 aliphatic carbocycles. The Morgan fingerprint density at radius 2 is 1.50 bits per heavy atom. The molecule has 1 aliphatic heterocycles. The molecule has 0 radical (unpaired) electrons. The molecule has 0 spiro atoms. The molecular formula is C21H23FN2O4. The van der Waals surface area contributed by atoms with Crippen LogP contribution in [0.2, 0.25) is 0 Å². The number of nitrogens with zero attached hydrogens (tertiary/aromatic N) is 2. The third kappa shape index (κ3) is 4.48. The number of ketones is 1. The number of methoxy groups -OCH3 is 2.